The van der Waals surface area contributed by atoms with Crippen LogP contribution in [0, 0.1) is 0 Å². The zero-order valence-electron chi connectivity index (χ0n) is 13.0. The number of rotatable bonds is 7. The van der Waals surface area contributed by atoms with E-state index < -0.39 is 0 Å². The summed E-state index contributed by atoms with van der Waals surface area (Å²) >= 11 is 5.50. The maximum Gasteiger partial charge on any atom is 0.0314 e. The van der Waals surface area contributed by atoms with Crippen LogP contribution in [0.4, 0.5) is 0 Å². The lowest BCUT2D eigenvalue weighted by molar-refractivity contribution is 0.339. The van der Waals surface area contributed by atoms with E-state index in [4.69, 9.17) is 0 Å². The smallest absolute Gasteiger partial charge is 0.0314 e. The third-order valence-electron chi connectivity index (χ3n) is 4.11. The van der Waals surface area contributed by atoms with Crippen LogP contribution in [0.3, 0.4) is 0 Å². The van der Waals surface area contributed by atoms with Gasteiger partial charge in [0.05, 0.1) is 0 Å². The highest BCUT2D eigenvalue weighted by molar-refractivity contribution is 9.10. The van der Waals surface area contributed by atoms with Crippen molar-refractivity contribution in [1.29, 1.82) is 0 Å². The molecule has 0 aliphatic rings. The number of thiophene rings is 1. The lowest BCUT2D eigenvalue weighted by Gasteiger charge is -2.36. The quantitative estimate of drug-likeness (QED) is 0.692. The van der Waals surface area contributed by atoms with Crippen LogP contribution >= 0.6 is 27.3 Å². The molecule has 0 radical (unpaired) electrons. The largest absolute Gasteiger partial charge is 0.313 e. The summed E-state index contributed by atoms with van der Waals surface area (Å²) in [6.07, 6.45) is 2.22. The molecule has 0 aliphatic heterocycles. The topological polar surface area (TPSA) is 12.0 Å². The summed E-state index contributed by atoms with van der Waals surface area (Å²) in [6, 6.07) is 13.4. The van der Waals surface area contributed by atoms with E-state index in [2.05, 4.69) is 83.8 Å². The number of hydrogen-bond acceptors (Lipinski definition) is 2. The predicted octanol–water partition coefficient (Wildman–Crippen LogP) is 5.40. The summed E-state index contributed by atoms with van der Waals surface area (Å²) in [5, 5.41) is 5.92. The van der Waals surface area contributed by atoms with Gasteiger partial charge in [-0.2, -0.15) is 0 Å². The molecule has 1 aromatic carbocycles. The molecule has 21 heavy (non-hydrogen) atoms. The van der Waals surface area contributed by atoms with Crippen molar-refractivity contribution >= 4 is 27.3 Å². The van der Waals surface area contributed by atoms with Crippen LogP contribution in [-0.4, -0.2) is 12.6 Å². The van der Waals surface area contributed by atoms with Crippen LogP contribution in [0.2, 0.25) is 0 Å². The van der Waals surface area contributed by atoms with Crippen molar-refractivity contribution in [3.63, 3.8) is 0 Å². The van der Waals surface area contributed by atoms with E-state index in [9.17, 15) is 0 Å². The molecule has 1 N–H and O–H groups in total. The van der Waals surface area contributed by atoms with Crippen LogP contribution in [0.5, 0.6) is 0 Å². The van der Waals surface area contributed by atoms with Crippen molar-refractivity contribution in [3.8, 4) is 0 Å². The Morgan fingerprint density at radius 2 is 1.90 bits per heavy atom. The molecular weight excluding hydrogens is 342 g/mol. The van der Waals surface area contributed by atoms with E-state index in [1.807, 2.05) is 11.3 Å². The highest BCUT2D eigenvalue weighted by Crippen LogP contribution is 2.32. The van der Waals surface area contributed by atoms with Crippen LogP contribution in [0.25, 0.3) is 0 Å². The fourth-order valence-corrected chi connectivity index (χ4v) is 4.19. The van der Waals surface area contributed by atoms with Gasteiger partial charge in [0, 0.05) is 20.8 Å². The standard InChI is InChI=1S/C18H24BrNS/c1-4-11-20-17(13-16-15(19)10-12-21-16)18(2,3)14-8-6-5-7-9-14/h5-10,12,17,20H,4,11,13H2,1-3H3. The van der Waals surface area contributed by atoms with Gasteiger partial charge >= 0.3 is 0 Å². The Morgan fingerprint density at radius 1 is 1.19 bits per heavy atom. The molecule has 0 saturated heterocycles. The van der Waals surface area contributed by atoms with Crippen molar-refractivity contribution < 1.29 is 0 Å². The highest BCUT2D eigenvalue weighted by Gasteiger charge is 2.31. The molecule has 0 saturated carbocycles. The molecule has 0 spiro atoms. The van der Waals surface area contributed by atoms with Gasteiger partial charge in [-0.25, -0.2) is 0 Å². The van der Waals surface area contributed by atoms with Crippen molar-refractivity contribution in [1.82, 2.24) is 5.32 Å². The first-order chi connectivity index (χ1) is 10.1. The number of nitrogens with one attached hydrogen (secondary N) is 1. The summed E-state index contributed by atoms with van der Waals surface area (Å²) in [6.45, 7) is 7.97. The van der Waals surface area contributed by atoms with Crippen molar-refractivity contribution in [3.05, 3.63) is 56.7 Å². The molecule has 1 heterocycles. The molecule has 0 aliphatic carbocycles. The first-order valence-corrected chi connectivity index (χ1v) is 9.23. The van der Waals surface area contributed by atoms with Crippen LogP contribution in [0.1, 0.15) is 37.6 Å². The van der Waals surface area contributed by atoms with Crippen LogP contribution in [-0.2, 0) is 11.8 Å². The Hall–Kier alpha value is -0.640. The van der Waals surface area contributed by atoms with Gasteiger partial charge in [0.1, 0.15) is 0 Å². The third kappa shape index (κ3) is 4.18. The first kappa shape index (κ1) is 16.7. The fraction of sp³-hybridized carbons (Fsp3) is 0.444. The van der Waals surface area contributed by atoms with Crippen LogP contribution in [0.15, 0.2) is 46.3 Å². The lowest BCUT2D eigenvalue weighted by atomic mass is 9.76. The fourth-order valence-electron chi connectivity index (χ4n) is 2.63. The van der Waals surface area contributed by atoms with Gasteiger partial charge in [-0.05, 0) is 52.3 Å². The molecule has 3 heteroatoms. The van der Waals surface area contributed by atoms with Gasteiger partial charge in [-0.15, -0.1) is 11.3 Å². The molecule has 1 atom stereocenters. The minimum Gasteiger partial charge on any atom is -0.313 e. The Bertz CT molecular complexity index is 547. The maximum atomic E-state index is 3.76. The minimum absolute atomic E-state index is 0.0971. The van der Waals surface area contributed by atoms with E-state index in [0.29, 0.717) is 6.04 Å². The molecule has 0 fully saturated rings. The van der Waals surface area contributed by atoms with E-state index >= 15 is 0 Å². The molecule has 1 nitrogen and oxygen atoms in total. The van der Waals surface area contributed by atoms with Crippen molar-refractivity contribution in [2.75, 3.05) is 6.54 Å². The van der Waals surface area contributed by atoms with Crippen molar-refractivity contribution in [2.24, 2.45) is 0 Å². The zero-order chi connectivity index (χ0) is 15.3. The number of hydrogen-bond donors (Lipinski definition) is 1. The second kappa shape index (κ2) is 7.57. The lowest BCUT2D eigenvalue weighted by Crippen LogP contribution is -2.46. The summed E-state index contributed by atoms with van der Waals surface area (Å²) in [7, 11) is 0. The molecule has 114 valence electrons. The van der Waals surface area contributed by atoms with Gasteiger partial charge in [-0.1, -0.05) is 51.1 Å². The molecule has 1 aromatic heterocycles. The summed E-state index contributed by atoms with van der Waals surface area (Å²) in [4.78, 5) is 1.42. The Balaban J connectivity index is 2.24. The second-order valence-corrected chi connectivity index (χ2v) is 7.85. The van der Waals surface area contributed by atoms with Crippen molar-refractivity contribution in [2.45, 2.75) is 45.1 Å². The predicted molar refractivity (Wildman–Crippen MR) is 97.3 cm³/mol. The molecule has 1 unspecified atom stereocenters. The van der Waals surface area contributed by atoms with E-state index in [0.717, 1.165) is 19.4 Å². The van der Waals surface area contributed by atoms with E-state index in [-0.39, 0.29) is 5.41 Å². The molecular formula is C18H24BrNS. The van der Waals surface area contributed by atoms with Gasteiger partial charge < -0.3 is 5.32 Å². The van der Waals surface area contributed by atoms with Crippen LogP contribution < -0.4 is 5.32 Å². The third-order valence-corrected chi connectivity index (χ3v) is 6.06. The van der Waals surface area contributed by atoms with Gasteiger partial charge in [0.2, 0.25) is 0 Å². The number of benzene rings is 1. The molecule has 2 aromatic rings. The summed E-state index contributed by atoms with van der Waals surface area (Å²) in [5.41, 5.74) is 1.49. The second-order valence-electron chi connectivity index (χ2n) is 5.99. The highest BCUT2D eigenvalue weighted by atomic mass is 79.9. The van der Waals surface area contributed by atoms with E-state index in [1.165, 1.54) is 14.9 Å². The van der Waals surface area contributed by atoms with Gasteiger partial charge in [0.15, 0.2) is 0 Å². The zero-order valence-corrected chi connectivity index (χ0v) is 15.4. The molecule has 0 bridgehead atoms. The molecule has 0 amide bonds. The average Bonchev–Trinajstić information content (AvgIpc) is 2.89. The van der Waals surface area contributed by atoms with E-state index in [1.54, 1.807) is 0 Å². The summed E-state index contributed by atoms with van der Waals surface area (Å²) < 4.78 is 1.24. The first-order valence-electron chi connectivity index (χ1n) is 7.56. The minimum atomic E-state index is 0.0971. The van der Waals surface area contributed by atoms with Gasteiger partial charge in [-0.3, -0.25) is 0 Å². The average molecular weight is 366 g/mol. The number of halogens is 1. The normalized spacial score (nSPS) is 13.3. The Kier molecular flexibility index (Phi) is 6.03. The molecule has 2 rings (SSSR count). The Labute approximate surface area is 140 Å². The SMILES string of the molecule is CCCNC(Cc1sccc1Br)C(C)(C)c1ccccc1. The monoisotopic (exact) mass is 365 g/mol. The maximum absolute atomic E-state index is 3.76. The Morgan fingerprint density at radius 3 is 2.48 bits per heavy atom. The van der Waals surface area contributed by atoms with Gasteiger partial charge in [0.25, 0.3) is 0 Å². The summed E-state index contributed by atoms with van der Waals surface area (Å²) in [5.74, 6) is 0.